The Morgan fingerprint density at radius 1 is 0.963 bits per heavy atom. The van der Waals surface area contributed by atoms with Crippen molar-refractivity contribution in [2.75, 3.05) is 0 Å². The number of phenolic OH excluding ortho intramolecular Hbond substituents is 2. The Bertz CT molecular complexity index is 1200. The van der Waals surface area contributed by atoms with Gasteiger partial charge in [-0.2, -0.15) is 0 Å². The average Bonchev–Trinajstić information content (AvgIpc) is 2.67. The lowest BCUT2D eigenvalue weighted by Crippen LogP contribution is -2.14. The molecule has 1 aliphatic carbocycles. The SMILES string of the molecule is CC1CCc2c(-c3ccc(O)cc3O)nc3ccc4ccccc4c3c2C1. The highest BCUT2D eigenvalue weighted by Crippen LogP contribution is 2.41. The van der Waals surface area contributed by atoms with E-state index in [-0.39, 0.29) is 11.5 Å². The van der Waals surface area contributed by atoms with Crippen molar-refractivity contribution in [3.05, 3.63) is 65.7 Å². The van der Waals surface area contributed by atoms with Crippen molar-refractivity contribution in [3.8, 4) is 22.8 Å². The maximum Gasteiger partial charge on any atom is 0.128 e. The first-order chi connectivity index (χ1) is 13.1. The molecule has 0 aliphatic heterocycles. The van der Waals surface area contributed by atoms with Crippen LogP contribution in [0.15, 0.2) is 54.6 Å². The summed E-state index contributed by atoms with van der Waals surface area (Å²) in [5.41, 5.74) is 5.09. The van der Waals surface area contributed by atoms with E-state index in [0.29, 0.717) is 11.5 Å². The molecular weight excluding hydrogens is 334 g/mol. The normalized spacial score (nSPS) is 16.6. The summed E-state index contributed by atoms with van der Waals surface area (Å²) in [7, 11) is 0. The highest BCUT2D eigenvalue weighted by Gasteiger charge is 2.24. The summed E-state index contributed by atoms with van der Waals surface area (Å²) >= 11 is 0. The van der Waals surface area contributed by atoms with Crippen LogP contribution in [0.25, 0.3) is 32.9 Å². The summed E-state index contributed by atoms with van der Waals surface area (Å²) < 4.78 is 0. The van der Waals surface area contributed by atoms with Crippen molar-refractivity contribution in [2.45, 2.75) is 26.2 Å². The number of phenols is 2. The second-order valence-electron chi connectivity index (χ2n) is 7.65. The second kappa shape index (κ2) is 5.98. The van der Waals surface area contributed by atoms with Crippen LogP contribution >= 0.6 is 0 Å². The van der Waals surface area contributed by atoms with Gasteiger partial charge < -0.3 is 10.2 Å². The van der Waals surface area contributed by atoms with Gasteiger partial charge in [0, 0.05) is 17.0 Å². The minimum Gasteiger partial charge on any atom is -0.508 e. The summed E-state index contributed by atoms with van der Waals surface area (Å²) in [5, 5.41) is 23.8. The van der Waals surface area contributed by atoms with Crippen LogP contribution in [0.5, 0.6) is 11.5 Å². The lowest BCUT2D eigenvalue weighted by Gasteiger charge is -2.26. The second-order valence-corrected chi connectivity index (χ2v) is 7.65. The van der Waals surface area contributed by atoms with Gasteiger partial charge in [-0.25, -0.2) is 4.98 Å². The van der Waals surface area contributed by atoms with E-state index in [1.54, 1.807) is 12.1 Å². The highest BCUT2D eigenvalue weighted by molar-refractivity contribution is 6.09. The first-order valence-corrected chi connectivity index (χ1v) is 9.47. The molecule has 3 aromatic carbocycles. The lowest BCUT2D eigenvalue weighted by molar-refractivity contribution is 0.451. The largest absolute Gasteiger partial charge is 0.508 e. The molecule has 4 aromatic rings. The molecular formula is C24H21NO2. The molecule has 1 atom stereocenters. The predicted molar refractivity (Wildman–Crippen MR) is 109 cm³/mol. The van der Waals surface area contributed by atoms with Gasteiger partial charge in [-0.05, 0) is 65.3 Å². The van der Waals surface area contributed by atoms with Gasteiger partial charge in [0.1, 0.15) is 11.5 Å². The Balaban J connectivity index is 1.90. The highest BCUT2D eigenvalue weighted by atomic mass is 16.3. The van der Waals surface area contributed by atoms with Crippen molar-refractivity contribution >= 4 is 21.7 Å². The Hall–Kier alpha value is -3.07. The molecule has 0 amide bonds. The van der Waals surface area contributed by atoms with E-state index in [2.05, 4.69) is 43.3 Å². The summed E-state index contributed by atoms with van der Waals surface area (Å²) in [5.74, 6) is 0.761. The Labute approximate surface area is 157 Å². The predicted octanol–water partition coefficient (Wildman–Crippen LogP) is 5.59. The topological polar surface area (TPSA) is 53.4 Å². The van der Waals surface area contributed by atoms with E-state index < -0.39 is 0 Å². The molecule has 0 saturated carbocycles. The number of hydrogen-bond donors (Lipinski definition) is 2. The number of rotatable bonds is 1. The molecule has 134 valence electrons. The number of benzene rings is 3. The molecule has 0 bridgehead atoms. The van der Waals surface area contributed by atoms with Gasteiger partial charge in [0.25, 0.3) is 0 Å². The first-order valence-electron chi connectivity index (χ1n) is 9.47. The summed E-state index contributed by atoms with van der Waals surface area (Å²) in [6.07, 6.45) is 3.10. The third kappa shape index (κ3) is 2.54. The van der Waals surface area contributed by atoms with E-state index in [1.807, 2.05) is 0 Å². The van der Waals surface area contributed by atoms with E-state index in [9.17, 15) is 10.2 Å². The smallest absolute Gasteiger partial charge is 0.128 e. The third-order valence-electron chi connectivity index (χ3n) is 5.77. The average molecular weight is 355 g/mol. The zero-order chi connectivity index (χ0) is 18.5. The fraction of sp³-hybridized carbons (Fsp3) is 0.208. The van der Waals surface area contributed by atoms with E-state index in [4.69, 9.17) is 4.98 Å². The van der Waals surface area contributed by atoms with Crippen LogP contribution in [0.2, 0.25) is 0 Å². The maximum atomic E-state index is 10.4. The van der Waals surface area contributed by atoms with Gasteiger partial charge in [-0.1, -0.05) is 37.3 Å². The summed E-state index contributed by atoms with van der Waals surface area (Å²) in [6, 6.07) is 17.4. The van der Waals surface area contributed by atoms with E-state index in [1.165, 1.54) is 33.4 Å². The van der Waals surface area contributed by atoms with Crippen molar-refractivity contribution in [3.63, 3.8) is 0 Å². The monoisotopic (exact) mass is 355 g/mol. The molecule has 0 spiro atoms. The van der Waals surface area contributed by atoms with Crippen LogP contribution in [-0.2, 0) is 12.8 Å². The van der Waals surface area contributed by atoms with Crippen molar-refractivity contribution < 1.29 is 10.2 Å². The number of aromatic nitrogens is 1. The number of nitrogens with zero attached hydrogens (tertiary/aromatic N) is 1. The van der Waals surface area contributed by atoms with Crippen molar-refractivity contribution in [2.24, 2.45) is 5.92 Å². The molecule has 0 radical (unpaired) electrons. The molecule has 3 heteroatoms. The molecule has 1 heterocycles. The zero-order valence-corrected chi connectivity index (χ0v) is 15.2. The molecule has 27 heavy (non-hydrogen) atoms. The molecule has 0 fully saturated rings. The first kappa shape index (κ1) is 16.1. The van der Waals surface area contributed by atoms with Gasteiger partial charge in [0.2, 0.25) is 0 Å². The number of aromatic hydroxyl groups is 2. The van der Waals surface area contributed by atoms with Crippen molar-refractivity contribution in [1.82, 2.24) is 4.98 Å². The van der Waals surface area contributed by atoms with Crippen LogP contribution < -0.4 is 0 Å². The molecule has 1 aromatic heterocycles. The van der Waals surface area contributed by atoms with Crippen LogP contribution in [0.4, 0.5) is 0 Å². The fourth-order valence-electron chi connectivity index (χ4n) is 4.43. The molecule has 1 aliphatic rings. The lowest BCUT2D eigenvalue weighted by atomic mass is 9.80. The third-order valence-corrected chi connectivity index (χ3v) is 5.77. The maximum absolute atomic E-state index is 10.4. The number of pyridine rings is 1. The van der Waals surface area contributed by atoms with Crippen LogP contribution in [-0.4, -0.2) is 15.2 Å². The molecule has 2 N–H and O–H groups in total. The van der Waals surface area contributed by atoms with Gasteiger partial charge in [0.15, 0.2) is 0 Å². The van der Waals surface area contributed by atoms with Gasteiger partial charge in [0.05, 0.1) is 11.2 Å². The van der Waals surface area contributed by atoms with Crippen LogP contribution in [0.3, 0.4) is 0 Å². The molecule has 1 unspecified atom stereocenters. The zero-order valence-electron chi connectivity index (χ0n) is 15.2. The standard InChI is InChI=1S/C24H21NO2/c1-14-6-9-18-20(12-14)23-17-5-3-2-4-15(17)7-11-21(23)25-24(18)19-10-8-16(26)13-22(19)27/h2-5,7-8,10-11,13-14,26-27H,6,9,12H2,1H3. The molecule has 3 nitrogen and oxygen atoms in total. The number of hydrogen-bond acceptors (Lipinski definition) is 3. The minimum absolute atomic E-state index is 0.0607. The van der Waals surface area contributed by atoms with Crippen LogP contribution in [0, 0.1) is 5.92 Å². The Morgan fingerprint density at radius 2 is 1.81 bits per heavy atom. The molecule has 0 saturated heterocycles. The van der Waals surface area contributed by atoms with Gasteiger partial charge >= 0.3 is 0 Å². The Morgan fingerprint density at radius 3 is 2.67 bits per heavy atom. The minimum atomic E-state index is 0.0607. The number of fused-ring (bicyclic) bond motifs is 5. The Kier molecular flexibility index (Phi) is 3.57. The quantitative estimate of drug-likeness (QED) is 0.438. The van der Waals surface area contributed by atoms with E-state index in [0.717, 1.165) is 30.5 Å². The van der Waals surface area contributed by atoms with E-state index >= 15 is 0 Å². The van der Waals surface area contributed by atoms with Crippen molar-refractivity contribution in [1.29, 1.82) is 0 Å². The summed E-state index contributed by atoms with van der Waals surface area (Å²) in [4.78, 5) is 4.98. The van der Waals surface area contributed by atoms with Crippen LogP contribution in [0.1, 0.15) is 24.5 Å². The molecule has 5 rings (SSSR count). The summed E-state index contributed by atoms with van der Waals surface area (Å²) in [6.45, 7) is 2.30. The van der Waals surface area contributed by atoms with Gasteiger partial charge in [-0.15, -0.1) is 0 Å². The van der Waals surface area contributed by atoms with Gasteiger partial charge in [-0.3, -0.25) is 0 Å². The fourth-order valence-corrected chi connectivity index (χ4v) is 4.43.